The number of anilines is 1. The van der Waals surface area contributed by atoms with E-state index in [1.54, 1.807) is 29.7 Å². The number of hydrogen-bond donors (Lipinski definition) is 5. The summed E-state index contributed by atoms with van der Waals surface area (Å²) in [6.45, 7) is 3.86. The van der Waals surface area contributed by atoms with Gasteiger partial charge in [0.1, 0.15) is 6.04 Å². The van der Waals surface area contributed by atoms with Crippen molar-refractivity contribution in [3.8, 4) is 0 Å². The Balaban J connectivity index is 2.88. The minimum Gasteiger partial charge on any atom is -0.399 e. The molecule has 0 aromatic heterocycles. The lowest BCUT2D eigenvalue weighted by Crippen LogP contribution is -2.49. The van der Waals surface area contributed by atoms with Crippen molar-refractivity contribution >= 4 is 23.4 Å². The molecular weight excluding hydrogens is 336 g/mol. The third kappa shape index (κ3) is 7.10. The lowest BCUT2D eigenvalue weighted by atomic mass is 9.92. The molecule has 1 aromatic carbocycles. The Morgan fingerprint density at radius 2 is 1.73 bits per heavy atom. The van der Waals surface area contributed by atoms with Crippen molar-refractivity contribution in [1.29, 1.82) is 0 Å². The molecule has 8 nitrogen and oxygen atoms in total. The van der Waals surface area contributed by atoms with Gasteiger partial charge in [0.05, 0.1) is 0 Å². The molecule has 8 heteroatoms. The highest BCUT2D eigenvalue weighted by Crippen LogP contribution is 2.17. The molecule has 0 saturated heterocycles. The molecular formula is C18H28N4O4. The predicted molar refractivity (Wildman–Crippen MR) is 98.0 cm³/mol. The number of likely N-dealkylation sites (N-methyl/N-ethyl adjacent to an activating group) is 1. The molecule has 1 aromatic rings. The second-order valence-corrected chi connectivity index (χ2v) is 6.69. The summed E-state index contributed by atoms with van der Waals surface area (Å²) in [6.07, 6.45) is 0.608. The average molecular weight is 364 g/mol. The van der Waals surface area contributed by atoms with E-state index in [0.717, 1.165) is 5.56 Å². The zero-order valence-electron chi connectivity index (χ0n) is 15.4. The molecule has 0 aliphatic heterocycles. The second kappa shape index (κ2) is 10.4. The van der Waals surface area contributed by atoms with Crippen LogP contribution in [0.2, 0.25) is 0 Å². The molecule has 1 rings (SSSR count). The molecule has 0 fully saturated rings. The van der Waals surface area contributed by atoms with Gasteiger partial charge in [0.15, 0.2) is 0 Å². The highest BCUT2D eigenvalue weighted by molar-refractivity contribution is 5.90. The minimum atomic E-state index is -0.775. The third-order valence-corrected chi connectivity index (χ3v) is 3.98. The van der Waals surface area contributed by atoms with Crippen molar-refractivity contribution < 1.29 is 19.6 Å². The lowest BCUT2D eigenvalue weighted by molar-refractivity contribution is -0.136. The van der Waals surface area contributed by atoms with Gasteiger partial charge >= 0.3 is 0 Å². The standard InChI is InChI=1S/C18H28N4O4/c1-11(2)8-13(10-16(23)22-26)17(24)21-15(18(25)20-3)9-12-4-6-14(19)7-5-12/h4-7,11,13,15,26H,8-10,19H2,1-3H3,(H,20,25)(H,21,24)(H,22,23). The van der Waals surface area contributed by atoms with Gasteiger partial charge in [0, 0.05) is 31.5 Å². The quantitative estimate of drug-likeness (QED) is 0.249. The van der Waals surface area contributed by atoms with E-state index >= 15 is 0 Å². The van der Waals surface area contributed by atoms with Gasteiger partial charge in [-0.25, -0.2) is 5.48 Å². The Morgan fingerprint density at radius 1 is 1.12 bits per heavy atom. The molecule has 0 bridgehead atoms. The van der Waals surface area contributed by atoms with Crippen LogP contribution < -0.4 is 21.8 Å². The smallest absolute Gasteiger partial charge is 0.244 e. The number of hydrogen-bond acceptors (Lipinski definition) is 5. The van der Waals surface area contributed by atoms with Crippen LogP contribution in [0.1, 0.15) is 32.3 Å². The Hall–Kier alpha value is -2.61. The van der Waals surface area contributed by atoms with Crippen LogP contribution in [0, 0.1) is 11.8 Å². The minimum absolute atomic E-state index is 0.150. The topological polar surface area (TPSA) is 134 Å². The largest absolute Gasteiger partial charge is 0.399 e. The summed E-state index contributed by atoms with van der Waals surface area (Å²) in [5, 5.41) is 14.0. The van der Waals surface area contributed by atoms with Crippen LogP contribution in [0.3, 0.4) is 0 Å². The van der Waals surface area contributed by atoms with E-state index in [9.17, 15) is 14.4 Å². The SMILES string of the molecule is CNC(=O)C(Cc1ccc(N)cc1)NC(=O)C(CC(=O)NO)CC(C)C. The molecule has 2 atom stereocenters. The zero-order chi connectivity index (χ0) is 19.7. The Morgan fingerprint density at radius 3 is 2.23 bits per heavy atom. The number of nitrogens with one attached hydrogen (secondary N) is 3. The first-order chi connectivity index (χ1) is 12.3. The first kappa shape index (κ1) is 21.4. The molecule has 0 aliphatic carbocycles. The zero-order valence-corrected chi connectivity index (χ0v) is 15.4. The number of benzene rings is 1. The predicted octanol–water partition coefficient (Wildman–Crippen LogP) is 0.600. The fraction of sp³-hybridized carbons (Fsp3) is 0.500. The van der Waals surface area contributed by atoms with Crippen LogP contribution >= 0.6 is 0 Å². The Labute approximate surface area is 153 Å². The van der Waals surface area contributed by atoms with Crippen LogP contribution in [0.15, 0.2) is 24.3 Å². The van der Waals surface area contributed by atoms with E-state index in [0.29, 0.717) is 18.5 Å². The van der Waals surface area contributed by atoms with Crippen molar-refractivity contribution in [2.75, 3.05) is 12.8 Å². The number of carbonyl (C=O) groups is 3. The van der Waals surface area contributed by atoms with Crippen LogP contribution in [0.5, 0.6) is 0 Å². The fourth-order valence-electron chi connectivity index (χ4n) is 2.68. The van der Waals surface area contributed by atoms with E-state index in [1.807, 2.05) is 13.8 Å². The van der Waals surface area contributed by atoms with Gasteiger partial charge in [-0.1, -0.05) is 26.0 Å². The maximum atomic E-state index is 12.6. The normalized spacial score (nSPS) is 13.0. The number of nitrogens with two attached hydrogens (primary N) is 1. The number of nitrogen functional groups attached to an aromatic ring is 1. The summed E-state index contributed by atoms with van der Waals surface area (Å²) < 4.78 is 0. The van der Waals surface area contributed by atoms with E-state index in [2.05, 4.69) is 10.6 Å². The Kier molecular flexibility index (Phi) is 8.57. The van der Waals surface area contributed by atoms with Gasteiger partial charge in [-0.3, -0.25) is 19.6 Å². The molecule has 0 heterocycles. The molecule has 6 N–H and O–H groups in total. The van der Waals surface area contributed by atoms with Crippen LogP contribution in [0.4, 0.5) is 5.69 Å². The van der Waals surface area contributed by atoms with Gasteiger partial charge in [0.2, 0.25) is 17.7 Å². The van der Waals surface area contributed by atoms with Crippen molar-refractivity contribution in [3.63, 3.8) is 0 Å². The monoisotopic (exact) mass is 364 g/mol. The molecule has 0 saturated carbocycles. The second-order valence-electron chi connectivity index (χ2n) is 6.69. The molecule has 0 aliphatic rings. The number of amides is 3. The summed E-state index contributed by atoms with van der Waals surface area (Å²) in [6, 6.07) is 6.27. The van der Waals surface area contributed by atoms with Crippen molar-refractivity contribution in [2.24, 2.45) is 11.8 Å². The van der Waals surface area contributed by atoms with E-state index in [1.165, 1.54) is 7.05 Å². The first-order valence-corrected chi connectivity index (χ1v) is 8.56. The van der Waals surface area contributed by atoms with Gasteiger partial charge in [-0.05, 0) is 30.0 Å². The van der Waals surface area contributed by atoms with Crippen molar-refractivity contribution in [2.45, 2.75) is 39.2 Å². The van der Waals surface area contributed by atoms with Crippen LogP contribution in [-0.4, -0.2) is 36.0 Å². The summed E-state index contributed by atoms with van der Waals surface area (Å²) in [5.41, 5.74) is 8.67. The molecule has 0 radical (unpaired) electrons. The number of hydroxylamine groups is 1. The van der Waals surface area contributed by atoms with Gasteiger partial charge in [-0.2, -0.15) is 0 Å². The first-order valence-electron chi connectivity index (χ1n) is 8.56. The van der Waals surface area contributed by atoms with Crippen molar-refractivity contribution in [1.82, 2.24) is 16.1 Å². The van der Waals surface area contributed by atoms with Gasteiger partial charge in [0.25, 0.3) is 0 Å². The highest BCUT2D eigenvalue weighted by atomic mass is 16.5. The lowest BCUT2D eigenvalue weighted by Gasteiger charge is -2.22. The summed E-state index contributed by atoms with van der Waals surface area (Å²) in [4.78, 5) is 36.3. The highest BCUT2D eigenvalue weighted by Gasteiger charge is 2.27. The number of rotatable bonds is 9. The average Bonchev–Trinajstić information content (AvgIpc) is 2.61. The maximum absolute atomic E-state index is 12.6. The van der Waals surface area contributed by atoms with E-state index in [4.69, 9.17) is 10.9 Å². The molecule has 3 amide bonds. The molecule has 26 heavy (non-hydrogen) atoms. The number of carbonyl (C=O) groups excluding carboxylic acids is 3. The molecule has 144 valence electrons. The summed E-state index contributed by atoms with van der Waals surface area (Å²) in [7, 11) is 1.50. The van der Waals surface area contributed by atoms with Crippen LogP contribution in [0.25, 0.3) is 0 Å². The van der Waals surface area contributed by atoms with E-state index in [-0.39, 0.29) is 18.2 Å². The maximum Gasteiger partial charge on any atom is 0.244 e. The summed E-state index contributed by atoms with van der Waals surface area (Å²) in [5.74, 6) is -1.83. The van der Waals surface area contributed by atoms with Crippen LogP contribution in [-0.2, 0) is 20.8 Å². The summed E-state index contributed by atoms with van der Waals surface area (Å²) >= 11 is 0. The van der Waals surface area contributed by atoms with E-state index < -0.39 is 23.8 Å². The Bertz CT molecular complexity index is 616. The third-order valence-electron chi connectivity index (χ3n) is 3.98. The van der Waals surface area contributed by atoms with Crippen molar-refractivity contribution in [3.05, 3.63) is 29.8 Å². The molecule has 0 spiro atoms. The molecule has 2 unspecified atom stereocenters. The fourth-order valence-corrected chi connectivity index (χ4v) is 2.68. The van der Waals surface area contributed by atoms with Gasteiger partial charge < -0.3 is 16.4 Å². The van der Waals surface area contributed by atoms with Gasteiger partial charge in [-0.15, -0.1) is 0 Å².